The molecule has 6 heteroatoms. The van der Waals surface area contributed by atoms with Gasteiger partial charge in [0.05, 0.1) is 4.92 Å². The van der Waals surface area contributed by atoms with Crippen LogP contribution in [0.3, 0.4) is 0 Å². The van der Waals surface area contributed by atoms with Gasteiger partial charge in [0.1, 0.15) is 5.82 Å². The standard InChI is InChI=1S/C15H20FN3O2/c1-18(14-7-12-3-4-13(8-14)17-12)9-10-6-11(16)2-5-15(10)19(20)21/h2,5-6,12-14,17H,3-4,7-9H2,1H3. The molecule has 114 valence electrons. The summed E-state index contributed by atoms with van der Waals surface area (Å²) >= 11 is 0. The van der Waals surface area contributed by atoms with E-state index in [1.54, 1.807) is 0 Å². The lowest BCUT2D eigenvalue weighted by molar-refractivity contribution is -0.385. The van der Waals surface area contributed by atoms with Crippen molar-refractivity contribution in [1.82, 2.24) is 10.2 Å². The van der Waals surface area contributed by atoms with E-state index in [0.29, 0.717) is 30.2 Å². The summed E-state index contributed by atoms with van der Waals surface area (Å²) in [6, 6.07) is 5.23. The van der Waals surface area contributed by atoms with E-state index in [9.17, 15) is 14.5 Å². The van der Waals surface area contributed by atoms with Crippen LogP contribution in [-0.2, 0) is 6.54 Å². The highest BCUT2D eigenvalue weighted by Gasteiger charge is 2.35. The van der Waals surface area contributed by atoms with E-state index < -0.39 is 10.7 Å². The molecule has 0 aromatic heterocycles. The molecule has 5 nitrogen and oxygen atoms in total. The number of piperidine rings is 1. The highest BCUT2D eigenvalue weighted by atomic mass is 19.1. The molecule has 0 saturated carbocycles. The van der Waals surface area contributed by atoms with E-state index in [1.165, 1.54) is 25.0 Å². The van der Waals surface area contributed by atoms with E-state index in [4.69, 9.17) is 0 Å². The fourth-order valence-corrected chi connectivity index (χ4v) is 3.64. The molecule has 3 rings (SSSR count). The van der Waals surface area contributed by atoms with E-state index >= 15 is 0 Å². The predicted molar refractivity (Wildman–Crippen MR) is 77.5 cm³/mol. The van der Waals surface area contributed by atoms with Crippen molar-refractivity contribution in [1.29, 1.82) is 0 Å². The van der Waals surface area contributed by atoms with E-state index in [-0.39, 0.29) is 5.69 Å². The number of nitrogens with zero attached hydrogens (tertiary/aromatic N) is 2. The molecule has 1 aromatic rings. The topological polar surface area (TPSA) is 58.4 Å². The van der Waals surface area contributed by atoms with Crippen molar-refractivity contribution >= 4 is 5.69 Å². The van der Waals surface area contributed by atoms with Gasteiger partial charge in [0.2, 0.25) is 0 Å². The lowest BCUT2D eigenvalue weighted by atomic mass is 9.98. The Morgan fingerprint density at radius 3 is 2.67 bits per heavy atom. The van der Waals surface area contributed by atoms with Crippen molar-refractivity contribution < 1.29 is 9.31 Å². The minimum Gasteiger partial charge on any atom is -0.311 e. The van der Waals surface area contributed by atoms with Gasteiger partial charge in [-0.3, -0.25) is 15.0 Å². The molecule has 2 saturated heterocycles. The van der Waals surface area contributed by atoms with Crippen LogP contribution in [0.15, 0.2) is 18.2 Å². The van der Waals surface area contributed by atoms with Crippen LogP contribution >= 0.6 is 0 Å². The van der Waals surface area contributed by atoms with E-state index in [2.05, 4.69) is 10.2 Å². The summed E-state index contributed by atoms with van der Waals surface area (Å²) in [5, 5.41) is 14.6. The second-order valence-electron chi connectivity index (χ2n) is 6.21. The van der Waals surface area contributed by atoms with Crippen molar-refractivity contribution in [2.24, 2.45) is 0 Å². The Bertz CT molecular complexity index is 540. The number of nitro groups is 1. The molecule has 0 amide bonds. The van der Waals surface area contributed by atoms with Gasteiger partial charge in [0.25, 0.3) is 5.69 Å². The normalized spacial score (nSPS) is 28.0. The molecule has 1 aromatic carbocycles. The molecule has 2 fully saturated rings. The molecule has 2 unspecified atom stereocenters. The minimum absolute atomic E-state index is 0.000145. The zero-order valence-corrected chi connectivity index (χ0v) is 12.1. The van der Waals surface area contributed by atoms with Gasteiger partial charge < -0.3 is 5.32 Å². The third kappa shape index (κ3) is 3.06. The molecule has 21 heavy (non-hydrogen) atoms. The highest BCUT2D eigenvalue weighted by Crippen LogP contribution is 2.30. The van der Waals surface area contributed by atoms with E-state index in [0.717, 1.165) is 18.9 Å². The van der Waals surface area contributed by atoms with Crippen LogP contribution in [0, 0.1) is 15.9 Å². The summed E-state index contributed by atoms with van der Waals surface area (Å²) in [4.78, 5) is 12.8. The Balaban J connectivity index is 1.74. The Kier molecular flexibility index (Phi) is 3.91. The second-order valence-corrected chi connectivity index (χ2v) is 6.21. The van der Waals surface area contributed by atoms with Gasteiger partial charge in [-0.1, -0.05) is 0 Å². The highest BCUT2D eigenvalue weighted by molar-refractivity contribution is 5.40. The molecule has 2 bridgehead atoms. The van der Waals surface area contributed by atoms with Gasteiger partial charge in [-0.05, 0) is 44.9 Å². The maximum atomic E-state index is 13.4. The summed E-state index contributed by atoms with van der Waals surface area (Å²) in [5.74, 6) is -0.422. The van der Waals surface area contributed by atoms with Crippen LogP contribution in [0.4, 0.5) is 10.1 Å². The van der Waals surface area contributed by atoms with Crippen molar-refractivity contribution in [3.63, 3.8) is 0 Å². The number of hydrogen-bond acceptors (Lipinski definition) is 4. The Hall–Kier alpha value is -1.53. The van der Waals surface area contributed by atoms with Gasteiger partial charge in [-0.15, -0.1) is 0 Å². The lowest BCUT2D eigenvalue weighted by Gasteiger charge is -2.35. The predicted octanol–water partition coefficient (Wildman–Crippen LogP) is 2.45. The molecule has 2 atom stereocenters. The lowest BCUT2D eigenvalue weighted by Crippen LogP contribution is -2.46. The van der Waals surface area contributed by atoms with Crippen molar-refractivity contribution in [2.45, 2.75) is 50.4 Å². The Morgan fingerprint density at radius 1 is 1.38 bits per heavy atom. The van der Waals surface area contributed by atoms with Crippen molar-refractivity contribution in [3.05, 3.63) is 39.7 Å². The molecule has 2 aliphatic rings. The number of rotatable bonds is 4. The summed E-state index contributed by atoms with van der Waals surface area (Å²) in [6.07, 6.45) is 4.57. The molecule has 0 spiro atoms. The first-order valence-electron chi connectivity index (χ1n) is 7.42. The zero-order valence-electron chi connectivity index (χ0n) is 12.1. The quantitative estimate of drug-likeness (QED) is 0.684. The summed E-state index contributed by atoms with van der Waals surface area (Å²) in [5.41, 5.74) is 0.452. The maximum absolute atomic E-state index is 13.4. The number of nitrogens with one attached hydrogen (secondary N) is 1. The second kappa shape index (κ2) is 5.69. The first-order chi connectivity index (χ1) is 10.0. The average Bonchev–Trinajstić information content (AvgIpc) is 2.77. The fraction of sp³-hybridized carbons (Fsp3) is 0.600. The monoisotopic (exact) mass is 293 g/mol. The van der Waals surface area contributed by atoms with Crippen LogP contribution in [-0.4, -0.2) is 35.0 Å². The SMILES string of the molecule is CN(Cc1cc(F)ccc1[N+](=O)[O-])C1CC2CCC(C1)N2. The first-order valence-corrected chi connectivity index (χ1v) is 7.42. The summed E-state index contributed by atoms with van der Waals surface area (Å²) < 4.78 is 13.4. The van der Waals surface area contributed by atoms with Gasteiger partial charge >= 0.3 is 0 Å². The fourth-order valence-electron chi connectivity index (χ4n) is 3.64. The van der Waals surface area contributed by atoms with Crippen LogP contribution in [0.2, 0.25) is 0 Å². The van der Waals surface area contributed by atoms with Gasteiger partial charge in [-0.25, -0.2) is 4.39 Å². The molecule has 2 aliphatic heterocycles. The number of nitro benzene ring substituents is 1. The molecule has 0 radical (unpaired) electrons. The zero-order chi connectivity index (χ0) is 15.0. The summed E-state index contributed by atoms with van der Waals surface area (Å²) in [6.45, 7) is 0.415. The third-order valence-electron chi connectivity index (χ3n) is 4.73. The molecular weight excluding hydrogens is 273 g/mol. The van der Waals surface area contributed by atoms with Crippen LogP contribution in [0.25, 0.3) is 0 Å². The van der Waals surface area contributed by atoms with Gasteiger partial charge in [-0.2, -0.15) is 0 Å². The van der Waals surface area contributed by atoms with Gasteiger partial charge in [0, 0.05) is 36.3 Å². The number of halogens is 1. The van der Waals surface area contributed by atoms with E-state index in [1.807, 2.05) is 7.05 Å². The van der Waals surface area contributed by atoms with Crippen LogP contribution in [0.5, 0.6) is 0 Å². The first kappa shape index (κ1) is 14.4. The maximum Gasteiger partial charge on any atom is 0.274 e. The molecule has 2 heterocycles. The Labute approximate surface area is 123 Å². The van der Waals surface area contributed by atoms with Crippen molar-refractivity contribution in [2.75, 3.05) is 7.05 Å². The van der Waals surface area contributed by atoms with Crippen molar-refractivity contribution in [3.8, 4) is 0 Å². The molecular formula is C15H20FN3O2. The largest absolute Gasteiger partial charge is 0.311 e. The molecule has 1 N–H and O–H groups in total. The average molecular weight is 293 g/mol. The van der Waals surface area contributed by atoms with Crippen LogP contribution in [0.1, 0.15) is 31.2 Å². The molecule has 0 aliphatic carbocycles. The van der Waals surface area contributed by atoms with Crippen LogP contribution < -0.4 is 5.32 Å². The number of fused-ring (bicyclic) bond motifs is 2. The van der Waals surface area contributed by atoms with Gasteiger partial charge in [0.15, 0.2) is 0 Å². The number of benzene rings is 1. The Morgan fingerprint density at radius 2 is 2.05 bits per heavy atom. The summed E-state index contributed by atoms with van der Waals surface area (Å²) in [7, 11) is 1.98. The third-order valence-corrected chi connectivity index (χ3v) is 4.73. The number of hydrogen-bond donors (Lipinski definition) is 1. The smallest absolute Gasteiger partial charge is 0.274 e. The minimum atomic E-state index is -0.436.